The summed E-state index contributed by atoms with van der Waals surface area (Å²) < 4.78 is 1.02. The average Bonchev–Trinajstić information content (AvgIpc) is 2.38. The van der Waals surface area contributed by atoms with Gasteiger partial charge in [-0.3, -0.25) is 0 Å². The lowest BCUT2D eigenvalue weighted by molar-refractivity contribution is 0.689. The van der Waals surface area contributed by atoms with Crippen molar-refractivity contribution in [1.82, 2.24) is 5.32 Å². The maximum Gasteiger partial charge on any atom is 0.0586 e. The minimum atomic E-state index is 0.0474. The van der Waals surface area contributed by atoms with Crippen LogP contribution in [-0.2, 0) is 0 Å². The van der Waals surface area contributed by atoms with Crippen LogP contribution in [0.15, 0.2) is 40.9 Å². The molecule has 0 bridgehead atoms. The molecule has 4 heteroatoms. The van der Waals surface area contributed by atoms with E-state index in [-0.39, 0.29) is 6.04 Å². The van der Waals surface area contributed by atoms with Crippen molar-refractivity contribution < 1.29 is 0 Å². The number of rotatable bonds is 3. The Labute approximate surface area is 132 Å². The Morgan fingerprint density at radius 1 is 1.11 bits per heavy atom. The number of aryl methyl sites for hydroxylation is 1. The standard InChI is InChI=1S/C15H14BrCl2N/c1-9-3-4-10(7-14(9)18)15(19-2)12-8-11(17)5-6-13(12)16/h3-8,15,19H,1-2H3. The van der Waals surface area contributed by atoms with Crippen molar-refractivity contribution >= 4 is 39.1 Å². The monoisotopic (exact) mass is 357 g/mol. The van der Waals surface area contributed by atoms with Crippen LogP contribution in [0.4, 0.5) is 0 Å². The molecule has 100 valence electrons. The predicted octanol–water partition coefficient (Wildman–Crippen LogP) is 5.37. The van der Waals surface area contributed by atoms with Gasteiger partial charge in [-0.15, -0.1) is 0 Å². The molecule has 0 aliphatic rings. The van der Waals surface area contributed by atoms with Crippen molar-refractivity contribution in [2.75, 3.05) is 7.05 Å². The number of hydrogen-bond acceptors (Lipinski definition) is 1. The van der Waals surface area contributed by atoms with E-state index >= 15 is 0 Å². The molecule has 0 aromatic heterocycles. The molecule has 1 N–H and O–H groups in total. The SMILES string of the molecule is CNC(c1ccc(C)c(Cl)c1)c1cc(Cl)ccc1Br. The Balaban J connectivity index is 2.49. The summed E-state index contributed by atoms with van der Waals surface area (Å²) in [7, 11) is 1.92. The van der Waals surface area contributed by atoms with E-state index in [1.165, 1.54) is 0 Å². The minimum absolute atomic E-state index is 0.0474. The van der Waals surface area contributed by atoms with E-state index in [1.54, 1.807) is 0 Å². The maximum absolute atomic E-state index is 6.21. The average molecular weight is 359 g/mol. The Morgan fingerprint density at radius 2 is 1.84 bits per heavy atom. The van der Waals surface area contributed by atoms with Gasteiger partial charge in [0, 0.05) is 14.5 Å². The lowest BCUT2D eigenvalue weighted by Crippen LogP contribution is -2.18. The molecular weight excluding hydrogens is 345 g/mol. The van der Waals surface area contributed by atoms with E-state index in [2.05, 4.69) is 27.3 Å². The van der Waals surface area contributed by atoms with Gasteiger partial charge in [0.15, 0.2) is 0 Å². The fourth-order valence-electron chi connectivity index (χ4n) is 2.03. The number of nitrogens with one attached hydrogen (secondary N) is 1. The summed E-state index contributed by atoms with van der Waals surface area (Å²) in [6.45, 7) is 2.00. The zero-order valence-corrected chi connectivity index (χ0v) is 13.8. The van der Waals surface area contributed by atoms with Crippen molar-refractivity contribution in [2.24, 2.45) is 0 Å². The first kappa shape index (κ1) is 14.9. The van der Waals surface area contributed by atoms with E-state index < -0.39 is 0 Å². The van der Waals surface area contributed by atoms with Crippen LogP contribution in [0.25, 0.3) is 0 Å². The molecule has 2 aromatic rings. The van der Waals surface area contributed by atoms with Crippen molar-refractivity contribution in [3.8, 4) is 0 Å². The van der Waals surface area contributed by atoms with Gasteiger partial charge in [0.1, 0.15) is 0 Å². The molecule has 0 radical (unpaired) electrons. The van der Waals surface area contributed by atoms with E-state index in [1.807, 2.05) is 44.3 Å². The van der Waals surface area contributed by atoms with E-state index in [0.717, 1.165) is 31.2 Å². The van der Waals surface area contributed by atoms with E-state index in [0.29, 0.717) is 0 Å². The molecule has 0 fully saturated rings. The molecule has 19 heavy (non-hydrogen) atoms. The molecule has 1 nitrogen and oxygen atoms in total. The summed E-state index contributed by atoms with van der Waals surface area (Å²) in [5, 5.41) is 4.80. The molecule has 0 aliphatic heterocycles. The second-order valence-electron chi connectivity index (χ2n) is 4.40. The van der Waals surface area contributed by atoms with E-state index in [9.17, 15) is 0 Å². The lowest BCUT2D eigenvalue weighted by atomic mass is 9.98. The molecule has 0 amide bonds. The first-order valence-corrected chi connectivity index (χ1v) is 7.46. The number of halogens is 3. The quantitative estimate of drug-likeness (QED) is 0.777. The first-order chi connectivity index (χ1) is 9.02. The van der Waals surface area contributed by atoms with Crippen LogP contribution in [0, 0.1) is 6.92 Å². The Morgan fingerprint density at radius 3 is 2.47 bits per heavy atom. The van der Waals surface area contributed by atoms with Gasteiger partial charge < -0.3 is 5.32 Å². The highest BCUT2D eigenvalue weighted by molar-refractivity contribution is 9.10. The van der Waals surface area contributed by atoms with Crippen LogP contribution < -0.4 is 5.32 Å². The van der Waals surface area contributed by atoms with Gasteiger partial charge in [0.05, 0.1) is 6.04 Å². The Kier molecular flexibility index (Phi) is 4.91. The third-order valence-corrected chi connectivity index (χ3v) is 4.45. The summed E-state index contributed by atoms with van der Waals surface area (Å²) in [5.74, 6) is 0. The van der Waals surface area contributed by atoms with Crippen LogP contribution in [0.2, 0.25) is 10.0 Å². The first-order valence-electron chi connectivity index (χ1n) is 5.91. The summed E-state index contributed by atoms with van der Waals surface area (Å²) in [6, 6.07) is 11.9. The molecule has 0 heterocycles. The van der Waals surface area contributed by atoms with E-state index in [4.69, 9.17) is 23.2 Å². The summed E-state index contributed by atoms with van der Waals surface area (Å²) in [5.41, 5.74) is 3.28. The van der Waals surface area contributed by atoms with Gasteiger partial charge in [-0.05, 0) is 54.9 Å². The third-order valence-electron chi connectivity index (χ3n) is 3.09. The maximum atomic E-state index is 6.21. The van der Waals surface area contributed by atoms with Crippen molar-refractivity contribution in [2.45, 2.75) is 13.0 Å². The summed E-state index contributed by atoms with van der Waals surface area (Å²) in [6.07, 6.45) is 0. The molecule has 0 spiro atoms. The van der Waals surface area contributed by atoms with Gasteiger partial charge in [0.2, 0.25) is 0 Å². The smallest absolute Gasteiger partial charge is 0.0586 e. The molecule has 0 aliphatic carbocycles. The molecule has 0 saturated carbocycles. The molecule has 2 aromatic carbocycles. The topological polar surface area (TPSA) is 12.0 Å². The zero-order chi connectivity index (χ0) is 14.0. The molecule has 1 atom stereocenters. The van der Waals surface area contributed by atoms with Crippen molar-refractivity contribution in [1.29, 1.82) is 0 Å². The van der Waals surface area contributed by atoms with Gasteiger partial charge in [-0.2, -0.15) is 0 Å². The van der Waals surface area contributed by atoms with Gasteiger partial charge in [-0.1, -0.05) is 51.3 Å². The van der Waals surface area contributed by atoms with Crippen LogP contribution in [0.1, 0.15) is 22.7 Å². The summed E-state index contributed by atoms with van der Waals surface area (Å²) in [4.78, 5) is 0. The zero-order valence-electron chi connectivity index (χ0n) is 10.7. The molecule has 2 rings (SSSR count). The lowest BCUT2D eigenvalue weighted by Gasteiger charge is -2.19. The molecular formula is C15H14BrCl2N. The fourth-order valence-corrected chi connectivity index (χ4v) is 2.87. The second-order valence-corrected chi connectivity index (χ2v) is 6.09. The van der Waals surface area contributed by atoms with Crippen LogP contribution in [0.5, 0.6) is 0 Å². The third kappa shape index (κ3) is 3.32. The molecule has 0 saturated heterocycles. The van der Waals surface area contributed by atoms with Crippen molar-refractivity contribution in [3.05, 3.63) is 67.6 Å². The summed E-state index contributed by atoms with van der Waals surface area (Å²) >= 11 is 15.9. The van der Waals surface area contributed by atoms with Crippen LogP contribution in [0.3, 0.4) is 0 Å². The number of hydrogen-bond donors (Lipinski definition) is 1. The van der Waals surface area contributed by atoms with Gasteiger partial charge in [0.25, 0.3) is 0 Å². The second kappa shape index (κ2) is 6.27. The Hall–Kier alpha value is -0.540. The normalized spacial score (nSPS) is 12.5. The highest BCUT2D eigenvalue weighted by Gasteiger charge is 2.16. The number of benzene rings is 2. The largest absolute Gasteiger partial charge is 0.309 e. The van der Waals surface area contributed by atoms with Crippen LogP contribution in [-0.4, -0.2) is 7.05 Å². The molecule has 1 unspecified atom stereocenters. The minimum Gasteiger partial charge on any atom is -0.309 e. The fraction of sp³-hybridized carbons (Fsp3) is 0.200. The van der Waals surface area contributed by atoms with Gasteiger partial charge in [-0.25, -0.2) is 0 Å². The van der Waals surface area contributed by atoms with Gasteiger partial charge >= 0.3 is 0 Å². The highest BCUT2D eigenvalue weighted by atomic mass is 79.9. The van der Waals surface area contributed by atoms with Crippen LogP contribution >= 0.6 is 39.1 Å². The predicted molar refractivity (Wildman–Crippen MR) is 86.2 cm³/mol. The van der Waals surface area contributed by atoms with Crippen molar-refractivity contribution in [3.63, 3.8) is 0 Å². The Bertz CT molecular complexity index is 599. The highest BCUT2D eigenvalue weighted by Crippen LogP contribution is 2.32.